The number of hydrogen-bond donors (Lipinski definition) is 2. The molecule has 25 heavy (non-hydrogen) atoms. The van der Waals surface area contributed by atoms with E-state index in [0.717, 1.165) is 38.1 Å². The average Bonchev–Trinajstić information content (AvgIpc) is 3.03. The number of hydrogen-bond acceptors (Lipinski definition) is 3. The van der Waals surface area contributed by atoms with E-state index in [2.05, 4.69) is 22.8 Å². The Labute approximate surface area is 153 Å². The van der Waals surface area contributed by atoms with E-state index in [-0.39, 0.29) is 12.0 Å². The van der Waals surface area contributed by atoms with E-state index in [1.54, 1.807) is 24.3 Å². The van der Waals surface area contributed by atoms with Gasteiger partial charge in [-0.05, 0) is 49.2 Å². The van der Waals surface area contributed by atoms with Crippen LogP contribution in [0.3, 0.4) is 0 Å². The van der Waals surface area contributed by atoms with E-state index in [1.807, 2.05) is 12.1 Å². The Morgan fingerprint density at radius 2 is 1.96 bits per heavy atom. The molecular formula is C20H23ClN2O2. The van der Waals surface area contributed by atoms with Crippen molar-refractivity contribution in [2.45, 2.75) is 25.4 Å². The molecule has 0 saturated heterocycles. The lowest BCUT2D eigenvalue weighted by molar-refractivity contribution is 0.0953. The Hall–Kier alpha value is -2.04. The van der Waals surface area contributed by atoms with Gasteiger partial charge in [0, 0.05) is 30.1 Å². The summed E-state index contributed by atoms with van der Waals surface area (Å²) in [6.07, 6.45) is 3.14. The highest BCUT2D eigenvalue weighted by molar-refractivity contribution is 6.30. The minimum Gasteiger partial charge on any atom is -0.488 e. The van der Waals surface area contributed by atoms with Crippen molar-refractivity contribution in [3.63, 3.8) is 0 Å². The van der Waals surface area contributed by atoms with Gasteiger partial charge >= 0.3 is 0 Å². The first-order valence-corrected chi connectivity index (χ1v) is 9.09. The van der Waals surface area contributed by atoms with Crippen molar-refractivity contribution >= 4 is 17.5 Å². The second-order valence-corrected chi connectivity index (χ2v) is 6.67. The molecule has 2 aromatic carbocycles. The molecule has 0 fully saturated rings. The highest BCUT2D eigenvalue weighted by Crippen LogP contribution is 2.27. The van der Waals surface area contributed by atoms with Gasteiger partial charge in [-0.2, -0.15) is 0 Å². The number of halogens is 1. The normalized spacial score (nSPS) is 15.5. The van der Waals surface area contributed by atoms with Gasteiger partial charge < -0.3 is 15.4 Å². The van der Waals surface area contributed by atoms with Crippen LogP contribution in [0.15, 0.2) is 48.5 Å². The maximum Gasteiger partial charge on any atom is 0.251 e. The van der Waals surface area contributed by atoms with Gasteiger partial charge in [0.15, 0.2) is 0 Å². The number of carbonyl (C=O) groups excluding carboxylic acids is 1. The Morgan fingerprint density at radius 3 is 2.80 bits per heavy atom. The van der Waals surface area contributed by atoms with Gasteiger partial charge in [-0.25, -0.2) is 0 Å². The molecule has 2 aromatic rings. The maximum absolute atomic E-state index is 12.0. The monoisotopic (exact) mass is 358 g/mol. The average molecular weight is 359 g/mol. The van der Waals surface area contributed by atoms with Gasteiger partial charge in [0.1, 0.15) is 11.9 Å². The summed E-state index contributed by atoms with van der Waals surface area (Å²) in [5.41, 5.74) is 1.89. The standard InChI is InChI=1S/C20H23ClN2O2/c21-17-8-5-7-16(12-17)20(24)23-11-4-3-10-22-14-18-13-15-6-1-2-9-19(15)25-18/h1-2,5-9,12,18,22H,3-4,10-11,13-14H2,(H,23,24)/t18-/m1/s1. The fourth-order valence-corrected chi connectivity index (χ4v) is 3.13. The van der Waals surface area contributed by atoms with Crippen molar-refractivity contribution in [1.82, 2.24) is 10.6 Å². The second kappa shape index (κ2) is 8.88. The van der Waals surface area contributed by atoms with Crippen LogP contribution in [0.2, 0.25) is 5.02 Å². The van der Waals surface area contributed by atoms with E-state index in [4.69, 9.17) is 16.3 Å². The highest BCUT2D eigenvalue weighted by Gasteiger charge is 2.21. The van der Waals surface area contributed by atoms with Gasteiger partial charge in [-0.15, -0.1) is 0 Å². The van der Waals surface area contributed by atoms with Gasteiger partial charge in [0.25, 0.3) is 5.91 Å². The molecule has 1 atom stereocenters. The van der Waals surface area contributed by atoms with Crippen LogP contribution in [0.4, 0.5) is 0 Å². The van der Waals surface area contributed by atoms with E-state index < -0.39 is 0 Å². The number of benzene rings is 2. The van der Waals surface area contributed by atoms with E-state index in [0.29, 0.717) is 17.1 Å². The second-order valence-electron chi connectivity index (χ2n) is 6.23. The van der Waals surface area contributed by atoms with Crippen LogP contribution in [0.1, 0.15) is 28.8 Å². The van der Waals surface area contributed by atoms with Crippen LogP contribution in [0.5, 0.6) is 5.75 Å². The van der Waals surface area contributed by atoms with Crippen molar-refractivity contribution < 1.29 is 9.53 Å². The molecule has 1 amide bonds. The van der Waals surface area contributed by atoms with Crippen LogP contribution < -0.4 is 15.4 Å². The summed E-state index contributed by atoms with van der Waals surface area (Å²) in [5, 5.41) is 6.93. The smallest absolute Gasteiger partial charge is 0.251 e. The predicted molar refractivity (Wildman–Crippen MR) is 100 cm³/mol. The van der Waals surface area contributed by atoms with E-state index in [9.17, 15) is 4.79 Å². The lowest BCUT2D eigenvalue weighted by Gasteiger charge is -2.12. The van der Waals surface area contributed by atoms with Crippen molar-refractivity contribution in [2.75, 3.05) is 19.6 Å². The third-order valence-corrected chi connectivity index (χ3v) is 4.47. The number of ether oxygens (including phenoxy) is 1. The molecule has 1 aliphatic rings. The maximum atomic E-state index is 12.0. The zero-order valence-corrected chi connectivity index (χ0v) is 14.9. The summed E-state index contributed by atoms with van der Waals surface area (Å²) in [6, 6.07) is 15.2. The third kappa shape index (κ3) is 5.21. The molecule has 2 N–H and O–H groups in total. The zero-order chi connectivity index (χ0) is 17.5. The summed E-state index contributed by atoms with van der Waals surface area (Å²) in [6.45, 7) is 2.44. The molecule has 5 heteroatoms. The van der Waals surface area contributed by atoms with Crippen LogP contribution in [0, 0.1) is 0 Å². The molecule has 0 saturated carbocycles. The molecule has 0 radical (unpaired) electrons. The van der Waals surface area contributed by atoms with Gasteiger partial charge in [-0.1, -0.05) is 35.9 Å². The molecule has 3 rings (SSSR count). The molecule has 1 aliphatic heterocycles. The summed E-state index contributed by atoms with van der Waals surface area (Å²) < 4.78 is 5.89. The molecule has 0 aliphatic carbocycles. The summed E-state index contributed by atoms with van der Waals surface area (Å²) in [4.78, 5) is 12.0. The summed E-state index contributed by atoms with van der Waals surface area (Å²) in [5.74, 6) is 0.936. The van der Waals surface area contributed by atoms with Gasteiger partial charge in [-0.3, -0.25) is 4.79 Å². The fraction of sp³-hybridized carbons (Fsp3) is 0.350. The predicted octanol–water partition coefficient (Wildman–Crippen LogP) is 3.44. The molecular weight excluding hydrogens is 336 g/mol. The van der Waals surface area contributed by atoms with Crippen molar-refractivity contribution in [1.29, 1.82) is 0 Å². The molecule has 4 nitrogen and oxygen atoms in total. The number of amides is 1. The van der Waals surface area contributed by atoms with E-state index in [1.165, 1.54) is 5.56 Å². The number of para-hydroxylation sites is 1. The Bertz CT molecular complexity index is 695. The van der Waals surface area contributed by atoms with E-state index >= 15 is 0 Å². The minimum absolute atomic E-state index is 0.0763. The molecule has 132 valence electrons. The van der Waals surface area contributed by atoms with Crippen LogP contribution >= 0.6 is 11.6 Å². The summed E-state index contributed by atoms with van der Waals surface area (Å²) in [7, 11) is 0. The number of carbonyl (C=O) groups is 1. The van der Waals surface area contributed by atoms with Crippen LogP contribution in [0.25, 0.3) is 0 Å². The topological polar surface area (TPSA) is 50.4 Å². The summed E-state index contributed by atoms with van der Waals surface area (Å²) >= 11 is 5.89. The molecule has 0 aromatic heterocycles. The number of unbranched alkanes of at least 4 members (excludes halogenated alkanes) is 1. The quantitative estimate of drug-likeness (QED) is 0.711. The molecule has 0 bridgehead atoms. The zero-order valence-electron chi connectivity index (χ0n) is 14.1. The van der Waals surface area contributed by atoms with Gasteiger partial charge in [0.05, 0.1) is 0 Å². The number of nitrogens with one attached hydrogen (secondary N) is 2. The van der Waals surface area contributed by atoms with Crippen molar-refractivity contribution in [2.24, 2.45) is 0 Å². The molecule has 1 heterocycles. The van der Waals surface area contributed by atoms with Crippen LogP contribution in [-0.4, -0.2) is 31.6 Å². The molecule has 0 spiro atoms. The largest absolute Gasteiger partial charge is 0.488 e. The Balaban J connectivity index is 1.25. The Kier molecular flexibility index (Phi) is 6.31. The van der Waals surface area contributed by atoms with Crippen LogP contribution in [-0.2, 0) is 6.42 Å². The lowest BCUT2D eigenvalue weighted by atomic mass is 10.1. The Morgan fingerprint density at radius 1 is 1.12 bits per heavy atom. The highest BCUT2D eigenvalue weighted by atomic mass is 35.5. The van der Waals surface area contributed by atoms with Crippen molar-refractivity contribution in [3.8, 4) is 5.75 Å². The van der Waals surface area contributed by atoms with Gasteiger partial charge in [0.2, 0.25) is 0 Å². The minimum atomic E-state index is -0.0763. The first-order valence-electron chi connectivity index (χ1n) is 8.71. The number of fused-ring (bicyclic) bond motifs is 1. The fourth-order valence-electron chi connectivity index (χ4n) is 2.94. The first kappa shape index (κ1) is 17.8. The lowest BCUT2D eigenvalue weighted by Crippen LogP contribution is -2.31. The molecule has 0 unspecified atom stereocenters. The van der Waals surface area contributed by atoms with Crippen molar-refractivity contribution in [3.05, 3.63) is 64.7 Å². The third-order valence-electron chi connectivity index (χ3n) is 4.24. The number of rotatable bonds is 8. The SMILES string of the molecule is O=C(NCCCCNC[C@H]1Cc2ccccc2O1)c1cccc(Cl)c1. The first-order chi connectivity index (χ1) is 12.2.